The molecule has 0 spiro atoms. The van der Waals surface area contributed by atoms with Crippen molar-refractivity contribution in [3.05, 3.63) is 66.7 Å². The van der Waals surface area contributed by atoms with Crippen LogP contribution in [0.5, 0.6) is 0 Å². The van der Waals surface area contributed by atoms with E-state index in [2.05, 4.69) is 19.9 Å². The summed E-state index contributed by atoms with van der Waals surface area (Å²) in [6.07, 6.45) is 0. The van der Waals surface area contributed by atoms with Crippen molar-refractivity contribution >= 4 is 41.4 Å². The van der Waals surface area contributed by atoms with Gasteiger partial charge in [0, 0.05) is 6.92 Å². The van der Waals surface area contributed by atoms with Gasteiger partial charge < -0.3 is 9.97 Å². The molecule has 0 aliphatic carbocycles. The summed E-state index contributed by atoms with van der Waals surface area (Å²) in [5.41, 5.74) is 5.46. The third-order valence-electron chi connectivity index (χ3n) is 4.01. The molecular formula is C21H16Cl2N6Ru. The van der Waals surface area contributed by atoms with E-state index < -0.39 is 0 Å². The van der Waals surface area contributed by atoms with Crippen LogP contribution >= 0.6 is 19.4 Å². The molecule has 0 saturated carbocycles. The van der Waals surface area contributed by atoms with E-state index in [-0.39, 0.29) is 15.1 Å². The van der Waals surface area contributed by atoms with Crippen molar-refractivity contribution in [2.75, 3.05) is 0 Å². The number of halogens is 2. The minimum absolute atomic E-state index is 0.346. The van der Waals surface area contributed by atoms with E-state index in [0.29, 0.717) is 0 Å². The summed E-state index contributed by atoms with van der Waals surface area (Å²) < 4.78 is 0. The third kappa shape index (κ3) is 5.22. The summed E-state index contributed by atoms with van der Waals surface area (Å²) in [5.74, 6) is 1.52. The number of hydrogen-bond donors (Lipinski definition) is 2. The Morgan fingerprint density at radius 2 is 1.13 bits per heavy atom. The van der Waals surface area contributed by atoms with E-state index in [1.807, 2.05) is 66.7 Å². The molecule has 2 aromatic carbocycles. The van der Waals surface area contributed by atoms with E-state index in [0.717, 1.165) is 45.1 Å². The van der Waals surface area contributed by atoms with Gasteiger partial charge in [0.1, 0.15) is 11.4 Å². The average Bonchev–Trinajstić information content (AvgIpc) is 3.39. The fourth-order valence-electron chi connectivity index (χ4n) is 2.85. The normalized spacial score (nSPS) is 10.1. The molecule has 2 N–H and O–H groups in total. The van der Waals surface area contributed by atoms with Crippen molar-refractivity contribution < 1.29 is 15.1 Å². The first-order valence-electron chi connectivity index (χ1n) is 8.73. The van der Waals surface area contributed by atoms with Gasteiger partial charge in [0.15, 0.2) is 11.6 Å². The van der Waals surface area contributed by atoms with Crippen LogP contribution in [0.15, 0.2) is 66.7 Å². The Labute approximate surface area is 189 Å². The predicted octanol–water partition coefficient (Wildman–Crippen LogP) is 6.07. The quantitative estimate of drug-likeness (QED) is 0.274. The molecule has 0 radical (unpaired) electrons. The second-order valence-electron chi connectivity index (χ2n) is 5.89. The van der Waals surface area contributed by atoms with Gasteiger partial charge in [-0.1, -0.05) is 30.3 Å². The number of benzene rings is 2. The molecule has 3 aromatic heterocycles. The molecule has 152 valence electrons. The van der Waals surface area contributed by atoms with Crippen LogP contribution in [0.4, 0.5) is 0 Å². The third-order valence-corrected chi connectivity index (χ3v) is 4.01. The molecule has 0 fully saturated rings. The van der Waals surface area contributed by atoms with Crippen LogP contribution in [0, 0.1) is 11.3 Å². The fraction of sp³-hybridized carbons (Fsp3) is 0.0476. The van der Waals surface area contributed by atoms with E-state index in [1.165, 1.54) is 6.92 Å². The molecule has 0 amide bonds. The summed E-state index contributed by atoms with van der Waals surface area (Å²) in [7, 11) is 9.71. The monoisotopic (exact) mass is 524 g/mol. The summed E-state index contributed by atoms with van der Waals surface area (Å²) in [6, 6.07) is 23.5. The van der Waals surface area contributed by atoms with Gasteiger partial charge in [-0.15, -0.1) is 0 Å². The van der Waals surface area contributed by atoms with Crippen LogP contribution in [-0.4, -0.2) is 24.9 Å². The maximum absolute atomic E-state index is 7.32. The van der Waals surface area contributed by atoms with Crippen LogP contribution in [0.25, 0.3) is 45.1 Å². The van der Waals surface area contributed by atoms with Gasteiger partial charge in [0.2, 0.25) is 0 Å². The van der Waals surface area contributed by atoms with Gasteiger partial charge in [-0.05, 0) is 36.4 Å². The van der Waals surface area contributed by atoms with Crippen LogP contribution in [0.1, 0.15) is 6.92 Å². The number of imidazole rings is 2. The standard InChI is InChI=1S/C19H13N5.C2H3N.2ClH.Ru/c1-2-7-13-12(6-1)21-18(22-13)16-10-5-11-17(20-16)19-23-14-8-3-4-9-15(14)24-19;1-2-3;;;/h1-11H,(H,21,22)(H,23,24);1H3;2*1H;/q;;;;+2/p-2. The van der Waals surface area contributed by atoms with Crippen molar-refractivity contribution in [1.29, 1.82) is 5.26 Å². The average molecular weight is 524 g/mol. The van der Waals surface area contributed by atoms with Gasteiger partial charge in [0.05, 0.1) is 28.1 Å². The zero-order valence-corrected chi connectivity index (χ0v) is 19.0. The number of aromatic nitrogens is 5. The molecule has 0 unspecified atom stereocenters. The van der Waals surface area contributed by atoms with E-state index in [4.69, 9.17) is 29.6 Å². The SMILES string of the molecule is CC#N.[Cl][Ru][Cl].c1cc(-c2nc3ccccc3[nH]2)nc(-c2nc3ccccc3[nH]2)c1. The Kier molecular flexibility index (Phi) is 7.92. The van der Waals surface area contributed by atoms with Gasteiger partial charge in [0.25, 0.3) is 0 Å². The maximum atomic E-state index is 7.32. The number of pyridine rings is 1. The van der Waals surface area contributed by atoms with Gasteiger partial charge in [-0.25, -0.2) is 15.0 Å². The van der Waals surface area contributed by atoms with E-state index in [1.54, 1.807) is 6.07 Å². The number of nitriles is 1. The van der Waals surface area contributed by atoms with Crippen LogP contribution in [0.2, 0.25) is 0 Å². The van der Waals surface area contributed by atoms with E-state index in [9.17, 15) is 0 Å². The molecule has 0 aliphatic rings. The smallest absolute Gasteiger partial charge is 0.157 e. The first-order valence-corrected chi connectivity index (χ1v) is 13.2. The van der Waals surface area contributed by atoms with Crippen molar-refractivity contribution in [3.63, 3.8) is 0 Å². The molecule has 30 heavy (non-hydrogen) atoms. The second kappa shape index (κ2) is 10.8. The molecular weight excluding hydrogens is 508 g/mol. The minimum atomic E-state index is -0.346. The number of rotatable bonds is 2. The number of nitrogens with zero attached hydrogens (tertiary/aromatic N) is 4. The van der Waals surface area contributed by atoms with Crippen molar-refractivity contribution in [3.8, 4) is 29.1 Å². The van der Waals surface area contributed by atoms with Crippen molar-refractivity contribution in [1.82, 2.24) is 24.9 Å². The summed E-state index contributed by atoms with van der Waals surface area (Å²) >= 11 is -0.346. The molecule has 0 aliphatic heterocycles. The largest absolute Gasteiger partial charge is 0.337 e. The number of para-hydroxylation sites is 4. The number of hydrogen-bond acceptors (Lipinski definition) is 4. The zero-order chi connectivity index (χ0) is 21.3. The van der Waals surface area contributed by atoms with Crippen LogP contribution < -0.4 is 0 Å². The van der Waals surface area contributed by atoms with Gasteiger partial charge in [-0.2, -0.15) is 5.26 Å². The molecule has 3 heterocycles. The molecule has 0 saturated heterocycles. The van der Waals surface area contributed by atoms with Crippen molar-refractivity contribution in [2.45, 2.75) is 6.92 Å². The van der Waals surface area contributed by atoms with Gasteiger partial charge >= 0.3 is 34.5 Å². The number of fused-ring (bicyclic) bond motifs is 2. The second-order valence-corrected chi connectivity index (χ2v) is 8.53. The fourth-order valence-corrected chi connectivity index (χ4v) is 2.85. The van der Waals surface area contributed by atoms with Crippen molar-refractivity contribution in [2.24, 2.45) is 0 Å². The molecule has 0 bridgehead atoms. The first kappa shape index (κ1) is 21.9. The van der Waals surface area contributed by atoms with Crippen LogP contribution in [-0.2, 0) is 15.1 Å². The minimum Gasteiger partial charge on any atom is -0.337 e. The summed E-state index contributed by atoms with van der Waals surface area (Å²) in [6.45, 7) is 1.43. The molecule has 0 atom stereocenters. The summed E-state index contributed by atoms with van der Waals surface area (Å²) in [4.78, 5) is 20.6. The number of H-pyrrole nitrogens is 2. The topological polar surface area (TPSA) is 94.0 Å². The summed E-state index contributed by atoms with van der Waals surface area (Å²) in [5, 5.41) is 7.32. The molecule has 9 heteroatoms. The molecule has 5 aromatic rings. The number of aromatic amines is 2. The van der Waals surface area contributed by atoms with Crippen LogP contribution in [0.3, 0.4) is 0 Å². The Hall–Kier alpha value is -2.78. The number of nitrogens with one attached hydrogen (secondary N) is 2. The van der Waals surface area contributed by atoms with E-state index >= 15 is 0 Å². The Bertz CT molecular complexity index is 1140. The molecule has 6 nitrogen and oxygen atoms in total. The Morgan fingerprint density at radius 3 is 1.53 bits per heavy atom. The Morgan fingerprint density at radius 1 is 0.733 bits per heavy atom. The molecule has 5 rings (SSSR count). The predicted molar refractivity (Wildman–Crippen MR) is 117 cm³/mol. The first-order chi connectivity index (χ1) is 14.7. The maximum Gasteiger partial charge on any atom is 0.157 e. The zero-order valence-electron chi connectivity index (χ0n) is 15.7. The Balaban J connectivity index is 0.000000385. The van der Waals surface area contributed by atoms with Gasteiger partial charge in [-0.3, -0.25) is 0 Å².